The van der Waals surface area contributed by atoms with Gasteiger partial charge >= 0.3 is 0 Å². The predicted molar refractivity (Wildman–Crippen MR) is 59.6 cm³/mol. The minimum Gasteiger partial charge on any atom is -0.114 e. The fourth-order valence-corrected chi connectivity index (χ4v) is 0.715. The molecule has 0 heterocycles. The molecular weight excluding hydrogens is 256 g/mol. The van der Waals surface area contributed by atoms with Gasteiger partial charge in [-0.3, -0.25) is 0 Å². The van der Waals surface area contributed by atoms with Gasteiger partial charge in [-0.1, -0.05) is 32.3 Å². The van der Waals surface area contributed by atoms with E-state index >= 15 is 0 Å². The van der Waals surface area contributed by atoms with Crippen molar-refractivity contribution in [2.24, 2.45) is 0 Å². The van der Waals surface area contributed by atoms with Crippen LogP contribution in [0.3, 0.4) is 0 Å². The maximum absolute atomic E-state index is 3.66. The van der Waals surface area contributed by atoms with Crippen LogP contribution in [0.2, 0.25) is 0 Å². The molecule has 0 aromatic carbocycles. The summed E-state index contributed by atoms with van der Waals surface area (Å²) in [5.74, 6) is 0. The van der Waals surface area contributed by atoms with E-state index in [0.29, 0.717) is 0 Å². The van der Waals surface area contributed by atoms with E-state index in [1.165, 1.54) is 32.1 Å². The first kappa shape index (κ1) is 17.0. The Labute approximate surface area is 85.6 Å². The Morgan fingerprint density at radius 1 is 1.10 bits per heavy atom. The fourth-order valence-electron chi connectivity index (χ4n) is 0.715. The third-order valence-electron chi connectivity index (χ3n) is 1.26. The van der Waals surface area contributed by atoms with Gasteiger partial charge in [0.25, 0.3) is 0 Å². The number of allylic oxidation sites excluding steroid dienone is 1. The van der Waals surface area contributed by atoms with Crippen LogP contribution in [-0.2, 0) is 0 Å². The summed E-state index contributed by atoms with van der Waals surface area (Å²) in [7, 11) is 0. The van der Waals surface area contributed by atoms with Gasteiger partial charge in [-0.15, -0.1) is 40.5 Å². The normalized spacial score (nSPS) is 7.30. The zero-order valence-corrected chi connectivity index (χ0v) is 10.1. The number of hydrogen-bond donors (Lipinski definition) is 0. The molecule has 10 heavy (non-hydrogen) atoms. The van der Waals surface area contributed by atoms with Crippen molar-refractivity contribution in [2.75, 3.05) is 0 Å². The molecular formula is C8H18Br2. The van der Waals surface area contributed by atoms with E-state index in [4.69, 9.17) is 0 Å². The SMILES string of the molecule is Br.Br.C=CCCCCCC. The molecule has 0 fully saturated rings. The van der Waals surface area contributed by atoms with Crippen LogP contribution in [0, 0.1) is 0 Å². The minimum absolute atomic E-state index is 0. The molecule has 0 aromatic heterocycles. The third kappa shape index (κ3) is 15.9. The molecule has 0 N–H and O–H groups in total. The second-order valence-corrected chi connectivity index (χ2v) is 2.14. The van der Waals surface area contributed by atoms with Crippen molar-refractivity contribution >= 4 is 34.0 Å². The van der Waals surface area contributed by atoms with E-state index < -0.39 is 0 Å². The average Bonchev–Trinajstić information content (AvgIpc) is 1.81. The monoisotopic (exact) mass is 272 g/mol. The van der Waals surface area contributed by atoms with Gasteiger partial charge < -0.3 is 0 Å². The summed E-state index contributed by atoms with van der Waals surface area (Å²) >= 11 is 0. The van der Waals surface area contributed by atoms with E-state index in [1.54, 1.807) is 0 Å². The summed E-state index contributed by atoms with van der Waals surface area (Å²) in [6.45, 7) is 5.89. The highest BCUT2D eigenvalue weighted by atomic mass is 79.9. The minimum atomic E-state index is 0. The van der Waals surface area contributed by atoms with Crippen LogP contribution in [-0.4, -0.2) is 0 Å². The maximum Gasteiger partial charge on any atom is -0.0353 e. The number of rotatable bonds is 5. The summed E-state index contributed by atoms with van der Waals surface area (Å²) in [6.07, 6.45) is 8.61. The van der Waals surface area contributed by atoms with E-state index in [1.807, 2.05) is 6.08 Å². The maximum atomic E-state index is 3.66. The molecule has 0 atom stereocenters. The summed E-state index contributed by atoms with van der Waals surface area (Å²) in [6, 6.07) is 0. The molecule has 0 rings (SSSR count). The topological polar surface area (TPSA) is 0 Å². The molecule has 0 saturated heterocycles. The van der Waals surface area contributed by atoms with Gasteiger partial charge in [-0.2, -0.15) is 0 Å². The Hall–Kier alpha value is 0.700. The molecule has 0 spiro atoms. The highest BCUT2D eigenvalue weighted by Gasteiger charge is 1.81. The van der Waals surface area contributed by atoms with E-state index in [2.05, 4.69) is 13.5 Å². The predicted octanol–water partition coefficient (Wildman–Crippen LogP) is 4.30. The van der Waals surface area contributed by atoms with Gasteiger partial charge in [-0.05, 0) is 12.8 Å². The van der Waals surface area contributed by atoms with Gasteiger partial charge in [0.15, 0.2) is 0 Å². The van der Waals surface area contributed by atoms with E-state index in [9.17, 15) is 0 Å². The van der Waals surface area contributed by atoms with Crippen LogP contribution in [0.4, 0.5) is 0 Å². The second-order valence-electron chi connectivity index (χ2n) is 2.14. The van der Waals surface area contributed by atoms with Crippen molar-refractivity contribution < 1.29 is 0 Å². The summed E-state index contributed by atoms with van der Waals surface area (Å²) < 4.78 is 0. The highest BCUT2D eigenvalue weighted by Crippen LogP contribution is 2.01. The van der Waals surface area contributed by atoms with Crippen molar-refractivity contribution in [3.05, 3.63) is 12.7 Å². The van der Waals surface area contributed by atoms with Crippen LogP contribution in [0.15, 0.2) is 12.7 Å². The lowest BCUT2D eigenvalue weighted by atomic mass is 10.2. The number of unbranched alkanes of at least 4 members (excludes halogenated alkanes) is 4. The zero-order chi connectivity index (χ0) is 6.24. The van der Waals surface area contributed by atoms with Gasteiger partial charge in [0.1, 0.15) is 0 Å². The zero-order valence-electron chi connectivity index (χ0n) is 6.64. The smallest absolute Gasteiger partial charge is 0.0353 e. The van der Waals surface area contributed by atoms with E-state index in [0.717, 1.165) is 0 Å². The Bertz CT molecular complexity index is 53.2. The molecule has 0 aliphatic heterocycles. The summed E-state index contributed by atoms with van der Waals surface area (Å²) in [5, 5.41) is 0. The van der Waals surface area contributed by atoms with Crippen molar-refractivity contribution in [1.29, 1.82) is 0 Å². The molecule has 0 aliphatic carbocycles. The highest BCUT2D eigenvalue weighted by molar-refractivity contribution is 8.93. The Balaban J connectivity index is -0.000000245. The second kappa shape index (κ2) is 16.4. The Morgan fingerprint density at radius 2 is 1.70 bits per heavy atom. The van der Waals surface area contributed by atoms with Crippen LogP contribution in [0.5, 0.6) is 0 Å². The number of hydrogen-bond acceptors (Lipinski definition) is 0. The van der Waals surface area contributed by atoms with Crippen molar-refractivity contribution in [3.63, 3.8) is 0 Å². The molecule has 0 radical (unpaired) electrons. The number of halogens is 2. The van der Waals surface area contributed by atoms with Crippen LogP contribution in [0.25, 0.3) is 0 Å². The molecule has 64 valence electrons. The van der Waals surface area contributed by atoms with Crippen LogP contribution < -0.4 is 0 Å². The summed E-state index contributed by atoms with van der Waals surface area (Å²) in [4.78, 5) is 0. The van der Waals surface area contributed by atoms with Gasteiger partial charge in [0.05, 0.1) is 0 Å². The lowest BCUT2D eigenvalue weighted by molar-refractivity contribution is 0.675. The molecule has 0 saturated carbocycles. The first-order valence-electron chi connectivity index (χ1n) is 3.52. The van der Waals surface area contributed by atoms with Crippen molar-refractivity contribution in [3.8, 4) is 0 Å². The quantitative estimate of drug-likeness (QED) is 0.518. The summed E-state index contributed by atoms with van der Waals surface area (Å²) in [5.41, 5.74) is 0. The molecule has 0 nitrogen and oxygen atoms in total. The molecule has 0 amide bonds. The first-order chi connectivity index (χ1) is 3.91. The van der Waals surface area contributed by atoms with Gasteiger partial charge in [-0.25, -0.2) is 0 Å². The van der Waals surface area contributed by atoms with Gasteiger partial charge in [0.2, 0.25) is 0 Å². The van der Waals surface area contributed by atoms with Crippen molar-refractivity contribution in [1.82, 2.24) is 0 Å². The molecule has 0 bridgehead atoms. The standard InChI is InChI=1S/C8H16.2BrH/c1-3-5-7-8-6-4-2;;/h3H,1,4-8H2,2H3;2*1H. The van der Waals surface area contributed by atoms with Crippen molar-refractivity contribution in [2.45, 2.75) is 39.0 Å². The van der Waals surface area contributed by atoms with Crippen LogP contribution >= 0.6 is 34.0 Å². The third-order valence-corrected chi connectivity index (χ3v) is 1.26. The Morgan fingerprint density at radius 3 is 2.10 bits per heavy atom. The first-order valence-corrected chi connectivity index (χ1v) is 3.52. The lowest BCUT2D eigenvalue weighted by Crippen LogP contribution is -1.71. The lowest BCUT2D eigenvalue weighted by Gasteiger charge is -1.91. The van der Waals surface area contributed by atoms with Gasteiger partial charge in [0, 0.05) is 0 Å². The molecule has 0 aromatic rings. The largest absolute Gasteiger partial charge is 0.114 e. The average molecular weight is 274 g/mol. The van der Waals surface area contributed by atoms with E-state index in [-0.39, 0.29) is 34.0 Å². The molecule has 0 unspecified atom stereocenters. The Kier molecular flexibility index (Phi) is 27.8. The fraction of sp³-hybridized carbons (Fsp3) is 0.750. The molecule has 2 heteroatoms. The van der Waals surface area contributed by atoms with Crippen LogP contribution in [0.1, 0.15) is 39.0 Å². The molecule has 0 aliphatic rings.